The van der Waals surface area contributed by atoms with Gasteiger partial charge in [0.05, 0.1) is 0 Å². The number of aliphatic hydroxyl groups is 1. The van der Waals surface area contributed by atoms with Gasteiger partial charge >= 0.3 is 11.9 Å². The lowest BCUT2D eigenvalue weighted by atomic mass is 10.0. The molecule has 0 amide bonds. The van der Waals surface area contributed by atoms with Gasteiger partial charge in [-0.3, -0.25) is 4.79 Å². The number of ether oxygens (including phenoxy) is 1. The fourth-order valence-corrected chi connectivity index (χ4v) is 3.40. The number of aliphatic hydroxyl groups excluding tert-OH is 1. The lowest BCUT2D eigenvalue weighted by Crippen LogP contribution is -2.25. The average Bonchev–Trinajstić information content (AvgIpc) is 2.68. The van der Waals surface area contributed by atoms with Crippen molar-refractivity contribution in [2.24, 2.45) is 0 Å². The van der Waals surface area contributed by atoms with E-state index in [4.69, 9.17) is 4.74 Å². The molecule has 0 aromatic rings. The van der Waals surface area contributed by atoms with Crippen LogP contribution in [-0.2, 0) is 14.3 Å². The van der Waals surface area contributed by atoms with Gasteiger partial charge in [-0.05, 0) is 12.8 Å². The van der Waals surface area contributed by atoms with Crippen molar-refractivity contribution in [3.05, 3.63) is 0 Å². The number of unbranched alkanes of at least 4 members (excludes halogenated alkanes) is 15. The van der Waals surface area contributed by atoms with E-state index >= 15 is 0 Å². The van der Waals surface area contributed by atoms with E-state index in [1.54, 1.807) is 0 Å². The highest BCUT2D eigenvalue weighted by molar-refractivity contribution is 5.87. The first-order valence-corrected chi connectivity index (χ1v) is 12.0. The van der Waals surface area contributed by atoms with Crippen molar-refractivity contribution in [3.63, 3.8) is 0 Å². The van der Waals surface area contributed by atoms with Gasteiger partial charge in [-0.15, -0.1) is 0 Å². The van der Waals surface area contributed by atoms with Crippen LogP contribution in [0.5, 0.6) is 0 Å². The first kappa shape index (κ1) is 27.1. The van der Waals surface area contributed by atoms with E-state index in [0.29, 0.717) is 6.42 Å². The smallest absolute Gasteiger partial charge is 0.342 e. The Hall–Kier alpha value is -0.900. The third-order valence-electron chi connectivity index (χ3n) is 5.30. The Morgan fingerprint density at radius 1 is 0.643 bits per heavy atom. The molecule has 0 heterocycles. The van der Waals surface area contributed by atoms with Crippen molar-refractivity contribution in [2.45, 2.75) is 142 Å². The zero-order valence-corrected chi connectivity index (χ0v) is 18.7. The average molecular weight is 399 g/mol. The van der Waals surface area contributed by atoms with Crippen molar-refractivity contribution >= 4 is 11.9 Å². The molecular formula is C24H46O4. The maximum Gasteiger partial charge on any atom is 0.342 e. The molecule has 28 heavy (non-hydrogen) atoms. The molecule has 4 heteroatoms. The molecule has 0 aliphatic rings. The van der Waals surface area contributed by atoms with Crippen LogP contribution in [0.2, 0.25) is 0 Å². The number of hydrogen-bond acceptors (Lipinski definition) is 4. The molecule has 0 spiro atoms. The molecule has 1 N–H and O–H groups in total. The van der Waals surface area contributed by atoms with Gasteiger partial charge in [-0.2, -0.15) is 0 Å². The van der Waals surface area contributed by atoms with Crippen molar-refractivity contribution in [1.82, 2.24) is 0 Å². The summed E-state index contributed by atoms with van der Waals surface area (Å²) in [6, 6.07) is 0. The highest BCUT2D eigenvalue weighted by Crippen LogP contribution is 2.14. The van der Waals surface area contributed by atoms with Gasteiger partial charge in [-0.25, -0.2) is 4.79 Å². The van der Waals surface area contributed by atoms with Gasteiger partial charge in [0.25, 0.3) is 0 Å². The first-order valence-electron chi connectivity index (χ1n) is 12.0. The summed E-state index contributed by atoms with van der Waals surface area (Å²) in [5, 5.41) is 9.80. The topological polar surface area (TPSA) is 63.6 Å². The fraction of sp³-hybridized carbons (Fsp3) is 0.917. The lowest BCUT2D eigenvalue weighted by Gasteiger charge is -2.09. The Bertz CT molecular complexity index is 368. The summed E-state index contributed by atoms with van der Waals surface area (Å²) in [5.41, 5.74) is 0. The summed E-state index contributed by atoms with van der Waals surface area (Å²) in [6.45, 7) is 4.31. The van der Waals surface area contributed by atoms with Crippen LogP contribution >= 0.6 is 0 Å². The van der Waals surface area contributed by atoms with Gasteiger partial charge in [-0.1, -0.05) is 117 Å². The van der Waals surface area contributed by atoms with Gasteiger partial charge in [0.15, 0.2) is 6.10 Å². The predicted octanol–water partition coefficient (Wildman–Crippen LogP) is 6.87. The summed E-state index contributed by atoms with van der Waals surface area (Å²) >= 11 is 0. The maximum absolute atomic E-state index is 11.7. The molecule has 0 aliphatic heterocycles. The Morgan fingerprint density at radius 2 is 1.04 bits per heavy atom. The summed E-state index contributed by atoms with van der Waals surface area (Å²) in [7, 11) is 0. The predicted molar refractivity (Wildman–Crippen MR) is 116 cm³/mol. The molecule has 0 aromatic heterocycles. The first-order chi connectivity index (χ1) is 13.6. The van der Waals surface area contributed by atoms with Crippen molar-refractivity contribution in [3.8, 4) is 0 Å². The summed E-state index contributed by atoms with van der Waals surface area (Å²) in [4.78, 5) is 23.1. The van der Waals surface area contributed by atoms with E-state index in [-0.39, 0.29) is 6.42 Å². The quantitative estimate of drug-likeness (QED) is 0.138. The van der Waals surface area contributed by atoms with Gasteiger partial charge in [0.2, 0.25) is 0 Å². The molecule has 0 fully saturated rings. The van der Waals surface area contributed by atoms with Crippen LogP contribution in [-0.4, -0.2) is 23.1 Å². The monoisotopic (exact) mass is 398 g/mol. The molecule has 0 aromatic carbocycles. The van der Waals surface area contributed by atoms with Crippen LogP contribution in [0, 0.1) is 0 Å². The Balaban J connectivity index is 3.38. The molecular weight excluding hydrogens is 352 g/mol. The number of carbonyl (C=O) groups excluding carboxylic acids is 2. The van der Waals surface area contributed by atoms with Crippen LogP contribution < -0.4 is 0 Å². The zero-order valence-electron chi connectivity index (χ0n) is 18.7. The summed E-state index contributed by atoms with van der Waals surface area (Å²) in [5.74, 6) is -1.30. The second kappa shape index (κ2) is 20.8. The minimum Gasteiger partial charge on any atom is -0.391 e. The van der Waals surface area contributed by atoms with E-state index in [9.17, 15) is 14.7 Å². The standard InChI is InChI=1S/C24H46O4/c1-3-5-7-8-9-10-11-12-13-14-15-16-17-19-20-22(25)24(27)28-23(26)21-18-6-4-2/h22,25H,3-21H2,1-2H3. The number of esters is 2. The third kappa shape index (κ3) is 18.5. The fourth-order valence-electron chi connectivity index (χ4n) is 3.40. The second-order valence-electron chi connectivity index (χ2n) is 8.15. The van der Waals surface area contributed by atoms with Crippen molar-refractivity contribution < 1.29 is 19.4 Å². The third-order valence-corrected chi connectivity index (χ3v) is 5.30. The van der Waals surface area contributed by atoms with Gasteiger partial charge in [0, 0.05) is 6.42 Å². The van der Waals surface area contributed by atoms with Crippen LogP contribution in [0.15, 0.2) is 0 Å². The molecule has 0 aliphatic carbocycles. The Labute approximate surface area is 173 Å². The second-order valence-corrected chi connectivity index (χ2v) is 8.15. The summed E-state index contributed by atoms with van der Waals surface area (Å²) < 4.78 is 4.70. The minimum atomic E-state index is -1.16. The van der Waals surface area contributed by atoms with Crippen LogP contribution in [0.4, 0.5) is 0 Å². The molecule has 0 saturated carbocycles. The molecule has 1 atom stereocenters. The number of carbonyl (C=O) groups is 2. The molecule has 166 valence electrons. The molecule has 0 bridgehead atoms. The van der Waals surface area contributed by atoms with Crippen LogP contribution in [0.1, 0.15) is 136 Å². The normalized spacial score (nSPS) is 12.1. The zero-order chi connectivity index (χ0) is 20.9. The molecule has 0 radical (unpaired) electrons. The van der Waals surface area contributed by atoms with E-state index in [2.05, 4.69) is 13.8 Å². The number of rotatable bonds is 20. The van der Waals surface area contributed by atoms with E-state index in [1.165, 1.54) is 70.6 Å². The molecule has 1 unspecified atom stereocenters. The van der Waals surface area contributed by atoms with E-state index in [0.717, 1.165) is 38.5 Å². The SMILES string of the molecule is CCCCCCCCCCCCCCCCC(O)C(=O)OC(=O)CCCCC. The Morgan fingerprint density at radius 3 is 1.50 bits per heavy atom. The van der Waals surface area contributed by atoms with Crippen molar-refractivity contribution in [1.29, 1.82) is 0 Å². The maximum atomic E-state index is 11.7. The highest BCUT2D eigenvalue weighted by atomic mass is 16.6. The largest absolute Gasteiger partial charge is 0.391 e. The Kier molecular flexibility index (Phi) is 20.2. The van der Waals surface area contributed by atoms with Crippen LogP contribution in [0.25, 0.3) is 0 Å². The van der Waals surface area contributed by atoms with Gasteiger partial charge < -0.3 is 9.84 Å². The van der Waals surface area contributed by atoms with E-state index in [1.807, 2.05) is 0 Å². The molecule has 0 rings (SSSR count). The summed E-state index contributed by atoms with van der Waals surface area (Å²) in [6.07, 6.45) is 20.0. The van der Waals surface area contributed by atoms with Crippen molar-refractivity contribution in [2.75, 3.05) is 0 Å². The van der Waals surface area contributed by atoms with Gasteiger partial charge in [0.1, 0.15) is 0 Å². The molecule has 4 nitrogen and oxygen atoms in total. The van der Waals surface area contributed by atoms with E-state index < -0.39 is 18.0 Å². The minimum absolute atomic E-state index is 0.255. The van der Waals surface area contributed by atoms with Crippen LogP contribution in [0.3, 0.4) is 0 Å². The lowest BCUT2D eigenvalue weighted by molar-refractivity contribution is -0.166. The number of hydrogen-bond donors (Lipinski definition) is 1. The highest BCUT2D eigenvalue weighted by Gasteiger charge is 2.19. The molecule has 0 saturated heterocycles.